The van der Waals surface area contributed by atoms with Crippen molar-refractivity contribution in [2.45, 2.75) is 58.8 Å². The first-order valence-corrected chi connectivity index (χ1v) is 7.38. The van der Waals surface area contributed by atoms with Crippen LogP contribution in [-0.2, 0) is 11.8 Å². The summed E-state index contributed by atoms with van der Waals surface area (Å²) in [6.07, 6.45) is 5.57. The van der Waals surface area contributed by atoms with E-state index in [1.165, 1.54) is 30.2 Å². The van der Waals surface area contributed by atoms with Crippen LogP contribution in [0.15, 0.2) is 22.7 Å². The van der Waals surface area contributed by atoms with Gasteiger partial charge in [-0.1, -0.05) is 49.7 Å². The monoisotopic (exact) mass is 282 g/mol. The van der Waals surface area contributed by atoms with Gasteiger partial charge >= 0.3 is 0 Å². The maximum absolute atomic E-state index is 3.52. The van der Waals surface area contributed by atoms with Crippen LogP contribution in [0.1, 0.15) is 58.1 Å². The van der Waals surface area contributed by atoms with Crippen molar-refractivity contribution in [3.63, 3.8) is 0 Å². The molecule has 0 unspecified atom stereocenters. The molecule has 1 aromatic rings. The third-order valence-corrected chi connectivity index (χ3v) is 3.86. The molecule has 0 nitrogen and oxygen atoms in total. The van der Waals surface area contributed by atoms with Gasteiger partial charge < -0.3 is 0 Å². The Morgan fingerprint density at radius 3 is 2.19 bits per heavy atom. The number of aryl methyl sites for hydroxylation is 1. The van der Waals surface area contributed by atoms with Gasteiger partial charge in [0.05, 0.1) is 0 Å². The van der Waals surface area contributed by atoms with Crippen LogP contribution in [-0.4, -0.2) is 0 Å². The van der Waals surface area contributed by atoms with E-state index in [4.69, 9.17) is 0 Å². The number of benzene rings is 1. The molecule has 1 fully saturated rings. The number of hydrogen-bond donors (Lipinski definition) is 0. The molecule has 1 heteroatoms. The van der Waals surface area contributed by atoms with E-state index >= 15 is 0 Å². The number of rotatable bonds is 0. The summed E-state index contributed by atoms with van der Waals surface area (Å²) < 4.78 is 1.24. The Bertz CT molecular complexity index is 337. The predicted octanol–water partition coefficient (Wildman–Crippen LogP) is 5.48. The largest absolute Gasteiger partial charge is 0.0683 e. The molecular weight excluding hydrogens is 260 g/mol. The SMILES string of the molecule is Brc1ccc2c(c1)CCC21CC1.CC.CC. The first-order valence-electron chi connectivity index (χ1n) is 6.59. The maximum Gasteiger partial charge on any atom is 0.0178 e. The van der Waals surface area contributed by atoms with Crippen LogP contribution in [0.2, 0.25) is 0 Å². The summed E-state index contributed by atoms with van der Waals surface area (Å²) in [5.41, 5.74) is 3.88. The van der Waals surface area contributed by atoms with Crippen molar-refractivity contribution in [3.05, 3.63) is 33.8 Å². The van der Waals surface area contributed by atoms with Gasteiger partial charge in [0.25, 0.3) is 0 Å². The van der Waals surface area contributed by atoms with Crippen molar-refractivity contribution in [1.29, 1.82) is 0 Å². The second-order valence-corrected chi connectivity index (χ2v) is 5.00. The standard InChI is InChI=1S/C11H11Br.2C2H6/c12-9-1-2-10-8(7-9)3-4-11(10)5-6-11;2*1-2/h1-2,7H,3-6H2;2*1-2H3. The van der Waals surface area contributed by atoms with Crippen molar-refractivity contribution < 1.29 is 0 Å². The normalized spacial score (nSPS) is 17.8. The smallest absolute Gasteiger partial charge is 0.0178 e. The van der Waals surface area contributed by atoms with Gasteiger partial charge in [0.2, 0.25) is 0 Å². The molecule has 1 aromatic carbocycles. The topological polar surface area (TPSA) is 0 Å². The molecular formula is C15H23Br. The van der Waals surface area contributed by atoms with E-state index in [9.17, 15) is 0 Å². The predicted molar refractivity (Wildman–Crippen MR) is 76.1 cm³/mol. The fourth-order valence-corrected chi connectivity index (χ4v) is 2.87. The second-order valence-electron chi connectivity index (χ2n) is 4.08. The van der Waals surface area contributed by atoms with E-state index in [0.29, 0.717) is 5.41 Å². The summed E-state index contributed by atoms with van der Waals surface area (Å²) in [4.78, 5) is 0. The Balaban J connectivity index is 0.000000291. The lowest BCUT2D eigenvalue weighted by Crippen LogP contribution is -1.98. The summed E-state index contributed by atoms with van der Waals surface area (Å²) in [5.74, 6) is 0. The molecule has 0 radical (unpaired) electrons. The minimum absolute atomic E-state index is 0.649. The highest BCUT2D eigenvalue weighted by Gasteiger charge is 2.48. The number of hydrogen-bond acceptors (Lipinski definition) is 0. The Morgan fingerprint density at radius 1 is 1.00 bits per heavy atom. The highest BCUT2D eigenvalue weighted by Crippen LogP contribution is 2.56. The quantitative estimate of drug-likeness (QED) is 0.591. The van der Waals surface area contributed by atoms with Gasteiger partial charge in [-0.2, -0.15) is 0 Å². The van der Waals surface area contributed by atoms with Gasteiger partial charge in [-0.25, -0.2) is 0 Å². The van der Waals surface area contributed by atoms with Crippen LogP contribution < -0.4 is 0 Å². The van der Waals surface area contributed by atoms with Crippen LogP contribution in [0.3, 0.4) is 0 Å². The zero-order chi connectivity index (χ0) is 12.2. The molecule has 0 amide bonds. The lowest BCUT2D eigenvalue weighted by atomic mass is 9.99. The molecule has 0 bridgehead atoms. The Labute approximate surface area is 109 Å². The molecule has 1 spiro atoms. The minimum Gasteiger partial charge on any atom is -0.0683 e. The van der Waals surface area contributed by atoms with Gasteiger partial charge in [0.1, 0.15) is 0 Å². The average molecular weight is 283 g/mol. The van der Waals surface area contributed by atoms with Crippen molar-refractivity contribution in [3.8, 4) is 0 Å². The fourth-order valence-electron chi connectivity index (χ4n) is 2.47. The Kier molecular flexibility index (Phi) is 5.04. The summed E-state index contributed by atoms with van der Waals surface area (Å²) in [6.45, 7) is 8.00. The van der Waals surface area contributed by atoms with Crippen LogP contribution in [0.25, 0.3) is 0 Å². The number of halogens is 1. The highest BCUT2D eigenvalue weighted by molar-refractivity contribution is 9.10. The van der Waals surface area contributed by atoms with Crippen LogP contribution in [0.4, 0.5) is 0 Å². The van der Waals surface area contributed by atoms with E-state index in [1.54, 1.807) is 11.1 Å². The van der Waals surface area contributed by atoms with Crippen molar-refractivity contribution in [1.82, 2.24) is 0 Å². The summed E-state index contributed by atoms with van der Waals surface area (Å²) >= 11 is 3.52. The van der Waals surface area contributed by atoms with E-state index in [-0.39, 0.29) is 0 Å². The van der Waals surface area contributed by atoms with Gasteiger partial charge in [-0.3, -0.25) is 0 Å². The lowest BCUT2D eigenvalue weighted by molar-refractivity contribution is 0.681. The zero-order valence-corrected chi connectivity index (χ0v) is 12.5. The summed E-state index contributed by atoms with van der Waals surface area (Å²) in [6, 6.07) is 6.80. The fraction of sp³-hybridized carbons (Fsp3) is 0.600. The molecule has 0 heterocycles. The minimum atomic E-state index is 0.649. The maximum atomic E-state index is 3.52. The van der Waals surface area contributed by atoms with E-state index in [0.717, 1.165) is 0 Å². The third kappa shape index (κ3) is 2.51. The molecule has 3 rings (SSSR count). The van der Waals surface area contributed by atoms with Crippen molar-refractivity contribution in [2.24, 2.45) is 0 Å². The summed E-state index contributed by atoms with van der Waals surface area (Å²) in [5, 5.41) is 0. The van der Waals surface area contributed by atoms with Crippen molar-refractivity contribution in [2.75, 3.05) is 0 Å². The molecule has 0 aromatic heterocycles. The van der Waals surface area contributed by atoms with Gasteiger partial charge in [0, 0.05) is 4.47 Å². The van der Waals surface area contributed by atoms with Crippen molar-refractivity contribution >= 4 is 15.9 Å². The molecule has 2 aliphatic rings. The first kappa shape index (κ1) is 13.8. The van der Waals surface area contributed by atoms with Gasteiger partial charge in [0.15, 0.2) is 0 Å². The molecule has 0 aliphatic heterocycles. The van der Waals surface area contributed by atoms with E-state index < -0.39 is 0 Å². The van der Waals surface area contributed by atoms with Crippen LogP contribution >= 0.6 is 15.9 Å². The molecule has 1 saturated carbocycles. The first-order chi connectivity index (χ1) is 7.80. The van der Waals surface area contributed by atoms with Gasteiger partial charge in [-0.05, 0) is 54.4 Å². The molecule has 2 aliphatic carbocycles. The number of fused-ring (bicyclic) bond motifs is 2. The van der Waals surface area contributed by atoms with E-state index in [2.05, 4.69) is 34.1 Å². The second kappa shape index (κ2) is 5.86. The molecule has 0 N–H and O–H groups in total. The zero-order valence-electron chi connectivity index (χ0n) is 10.9. The molecule has 0 saturated heterocycles. The Hall–Kier alpha value is -0.300. The molecule has 0 atom stereocenters. The molecule has 90 valence electrons. The third-order valence-electron chi connectivity index (χ3n) is 3.37. The summed E-state index contributed by atoms with van der Waals surface area (Å²) in [7, 11) is 0. The van der Waals surface area contributed by atoms with Gasteiger partial charge in [-0.15, -0.1) is 0 Å². The van der Waals surface area contributed by atoms with E-state index in [1.807, 2.05) is 27.7 Å². The highest BCUT2D eigenvalue weighted by atomic mass is 79.9. The lowest BCUT2D eigenvalue weighted by Gasteiger charge is -2.06. The van der Waals surface area contributed by atoms with Crippen LogP contribution in [0.5, 0.6) is 0 Å². The van der Waals surface area contributed by atoms with Crippen LogP contribution in [0, 0.1) is 0 Å². The Morgan fingerprint density at radius 2 is 1.62 bits per heavy atom. The average Bonchev–Trinajstić information content (AvgIpc) is 3.04. The molecule has 16 heavy (non-hydrogen) atoms.